The van der Waals surface area contributed by atoms with Gasteiger partial charge in [0.15, 0.2) is 17.4 Å². The zero-order valence-electron chi connectivity index (χ0n) is 24.2. The number of hydrogen-bond donors (Lipinski definition) is 0. The first kappa shape index (κ1) is 27.6. The fourth-order valence-electron chi connectivity index (χ4n) is 6.16. The largest absolute Gasteiger partial charge is 0.486 e. The second-order valence-corrected chi connectivity index (χ2v) is 11.3. The number of aryl methyl sites for hydroxylation is 2. The predicted molar refractivity (Wildman–Crippen MR) is 156 cm³/mol. The van der Waals surface area contributed by atoms with E-state index in [1.165, 1.54) is 16.7 Å². The van der Waals surface area contributed by atoms with E-state index in [-0.39, 0.29) is 35.9 Å². The number of carbonyl (C=O) groups excluding carboxylic acids is 1. The monoisotopic (exact) mass is 574 g/mol. The maximum Gasteiger partial charge on any atom is 0.355 e. The number of piperazine rings is 1. The van der Waals surface area contributed by atoms with Gasteiger partial charge in [-0.1, -0.05) is 12.6 Å². The van der Waals surface area contributed by atoms with Crippen molar-refractivity contribution in [3.63, 3.8) is 0 Å². The first-order chi connectivity index (χ1) is 20.0. The van der Waals surface area contributed by atoms with Gasteiger partial charge in [0, 0.05) is 59.4 Å². The summed E-state index contributed by atoms with van der Waals surface area (Å²) in [6.07, 6.45) is 2.98. The summed E-state index contributed by atoms with van der Waals surface area (Å²) in [5.74, 6) is -0.817. The molecule has 218 valence electrons. The Morgan fingerprint density at radius 3 is 2.62 bits per heavy atom. The van der Waals surface area contributed by atoms with E-state index in [1.807, 2.05) is 45.6 Å². The van der Waals surface area contributed by atoms with Crippen LogP contribution >= 0.6 is 0 Å². The standard InChI is InChI=1S/C31H32F2N6O3/c1-7-23(40)36-10-11-37(19(6)14-36)29-21-12-17(4)24-25-20(8-9-22(32)26(25)33)15-42-28(24)27(21)38(31(41)35-29)30-18(5)13-34-39(30)16(2)3/h7-9,12-13,16,19H,1,10-11,14-15H2,2-6H3/t19-/m0/s1. The number of nitrogens with zero attached hydrogens (tertiary/aromatic N) is 6. The molecule has 4 aromatic rings. The number of anilines is 1. The van der Waals surface area contributed by atoms with E-state index in [9.17, 15) is 14.0 Å². The summed E-state index contributed by atoms with van der Waals surface area (Å²) >= 11 is 0. The lowest BCUT2D eigenvalue weighted by molar-refractivity contribution is -0.126. The van der Waals surface area contributed by atoms with Gasteiger partial charge < -0.3 is 14.5 Å². The molecule has 6 rings (SSSR count). The van der Waals surface area contributed by atoms with Crippen LogP contribution in [-0.4, -0.2) is 55.8 Å². The number of carbonyl (C=O) groups is 1. The molecule has 11 heteroatoms. The van der Waals surface area contributed by atoms with Crippen LogP contribution in [0.4, 0.5) is 14.6 Å². The highest BCUT2D eigenvalue weighted by atomic mass is 19.2. The number of rotatable bonds is 4. The smallest absolute Gasteiger partial charge is 0.355 e. The third-order valence-corrected chi connectivity index (χ3v) is 8.15. The summed E-state index contributed by atoms with van der Waals surface area (Å²) in [5.41, 5.74) is 2.29. The van der Waals surface area contributed by atoms with Gasteiger partial charge in [-0.3, -0.25) is 4.79 Å². The van der Waals surface area contributed by atoms with Crippen LogP contribution in [0.3, 0.4) is 0 Å². The fraction of sp³-hybridized carbons (Fsp3) is 0.355. The van der Waals surface area contributed by atoms with E-state index < -0.39 is 17.3 Å². The maximum absolute atomic E-state index is 15.4. The lowest BCUT2D eigenvalue weighted by atomic mass is 9.91. The van der Waals surface area contributed by atoms with Gasteiger partial charge in [0.05, 0.1) is 6.20 Å². The molecule has 2 aromatic carbocycles. The lowest BCUT2D eigenvalue weighted by Gasteiger charge is -2.40. The molecule has 0 spiro atoms. The molecular weight excluding hydrogens is 542 g/mol. The molecule has 9 nitrogen and oxygen atoms in total. The van der Waals surface area contributed by atoms with Crippen molar-refractivity contribution in [2.75, 3.05) is 24.5 Å². The quantitative estimate of drug-likeness (QED) is 0.325. The number of benzene rings is 2. The molecule has 1 amide bonds. The summed E-state index contributed by atoms with van der Waals surface area (Å²) in [6.45, 7) is 14.5. The Bertz CT molecular complexity index is 1840. The number of aromatic nitrogens is 4. The van der Waals surface area contributed by atoms with Crippen LogP contribution in [0, 0.1) is 25.5 Å². The van der Waals surface area contributed by atoms with Crippen molar-refractivity contribution in [3.05, 3.63) is 75.9 Å². The van der Waals surface area contributed by atoms with Gasteiger partial charge in [-0.05, 0) is 58.4 Å². The van der Waals surface area contributed by atoms with Crippen molar-refractivity contribution in [3.8, 4) is 22.7 Å². The zero-order chi connectivity index (χ0) is 30.0. The highest BCUT2D eigenvalue weighted by Crippen LogP contribution is 2.47. The van der Waals surface area contributed by atoms with Gasteiger partial charge in [-0.2, -0.15) is 10.1 Å². The SMILES string of the molecule is C=CC(=O)N1CCN(c2nc(=O)n(-c3c(C)cnn3C(C)C)c3c4c(c(C)cc23)-c2c(ccc(F)c2F)CO4)[C@@H](C)C1. The molecule has 1 atom stereocenters. The second-order valence-electron chi connectivity index (χ2n) is 11.3. The van der Waals surface area contributed by atoms with E-state index >= 15 is 4.39 Å². The first-order valence-electron chi connectivity index (χ1n) is 14.0. The molecule has 1 fully saturated rings. The van der Waals surface area contributed by atoms with Crippen molar-refractivity contribution in [1.29, 1.82) is 0 Å². The molecule has 2 aliphatic rings. The summed E-state index contributed by atoms with van der Waals surface area (Å²) in [4.78, 5) is 34.7. The Labute approximate surface area is 241 Å². The van der Waals surface area contributed by atoms with E-state index in [2.05, 4.69) is 16.7 Å². The predicted octanol–water partition coefficient (Wildman–Crippen LogP) is 4.84. The van der Waals surface area contributed by atoms with Crippen LogP contribution in [0.5, 0.6) is 5.75 Å². The Morgan fingerprint density at radius 2 is 1.93 bits per heavy atom. The van der Waals surface area contributed by atoms with Crippen molar-refractivity contribution in [2.45, 2.75) is 53.3 Å². The molecule has 0 N–H and O–H groups in total. The van der Waals surface area contributed by atoms with Crippen LogP contribution in [0.2, 0.25) is 0 Å². The third kappa shape index (κ3) is 4.09. The number of ether oxygens (including phenoxy) is 1. The van der Waals surface area contributed by atoms with E-state index in [1.54, 1.807) is 15.8 Å². The Morgan fingerprint density at radius 1 is 1.17 bits per heavy atom. The van der Waals surface area contributed by atoms with Gasteiger partial charge in [-0.25, -0.2) is 22.8 Å². The summed E-state index contributed by atoms with van der Waals surface area (Å²) < 4.78 is 39.5. The summed E-state index contributed by atoms with van der Waals surface area (Å²) in [5, 5.41) is 5.13. The molecule has 2 aliphatic heterocycles. The van der Waals surface area contributed by atoms with Crippen LogP contribution < -0.4 is 15.3 Å². The average Bonchev–Trinajstić information content (AvgIpc) is 3.35. The Balaban J connectivity index is 1.69. The maximum atomic E-state index is 15.4. The highest BCUT2D eigenvalue weighted by Gasteiger charge is 2.34. The highest BCUT2D eigenvalue weighted by molar-refractivity contribution is 6.01. The molecule has 2 aromatic heterocycles. The molecule has 0 bridgehead atoms. The van der Waals surface area contributed by atoms with Gasteiger partial charge in [0.2, 0.25) is 5.91 Å². The molecule has 0 aliphatic carbocycles. The van der Waals surface area contributed by atoms with Crippen LogP contribution in [0.15, 0.2) is 41.8 Å². The minimum atomic E-state index is -0.956. The van der Waals surface area contributed by atoms with Gasteiger partial charge in [0.25, 0.3) is 0 Å². The van der Waals surface area contributed by atoms with Crippen molar-refractivity contribution < 1.29 is 18.3 Å². The third-order valence-electron chi connectivity index (χ3n) is 8.15. The van der Waals surface area contributed by atoms with Gasteiger partial charge in [0.1, 0.15) is 23.8 Å². The first-order valence-corrected chi connectivity index (χ1v) is 14.0. The number of hydrogen-bond acceptors (Lipinski definition) is 6. The molecule has 42 heavy (non-hydrogen) atoms. The van der Waals surface area contributed by atoms with Crippen molar-refractivity contribution in [2.24, 2.45) is 0 Å². The second kappa shape index (κ2) is 10.1. The zero-order valence-corrected chi connectivity index (χ0v) is 24.2. The number of fused-ring (bicyclic) bond motifs is 5. The lowest BCUT2D eigenvalue weighted by Crippen LogP contribution is -2.54. The summed E-state index contributed by atoms with van der Waals surface area (Å²) in [7, 11) is 0. The minimum absolute atomic E-state index is 0.00506. The molecule has 0 saturated carbocycles. The van der Waals surface area contributed by atoms with Crippen LogP contribution in [-0.2, 0) is 11.4 Å². The van der Waals surface area contributed by atoms with Crippen molar-refractivity contribution in [1.82, 2.24) is 24.2 Å². The molecular formula is C31H32F2N6O3. The Hall–Kier alpha value is -4.54. The van der Waals surface area contributed by atoms with Crippen molar-refractivity contribution >= 4 is 22.6 Å². The normalized spacial score (nSPS) is 16.4. The Kier molecular flexibility index (Phi) is 6.63. The molecule has 0 radical (unpaired) electrons. The van der Waals surface area contributed by atoms with E-state index in [0.717, 1.165) is 11.6 Å². The van der Waals surface area contributed by atoms with Crippen LogP contribution in [0.1, 0.15) is 43.5 Å². The average molecular weight is 575 g/mol. The minimum Gasteiger partial charge on any atom is -0.486 e. The topological polar surface area (TPSA) is 85.5 Å². The molecule has 0 unspecified atom stereocenters. The van der Waals surface area contributed by atoms with Gasteiger partial charge >= 0.3 is 5.69 Å². The molecule has 4 heterocycles. The fourth-order valence-corrected chi connectivity index (χ4v) is 6.16. The van der Waals surface area contributed by atoms with E-state index in [4.69, 9.17) is 4.74 Å². The molecule has 1 saturated heterocycles. The number of amides is 1. The number of halogens is 2. The van der Waals surface area contributed by atoms with Crippen LogP contribution in [0.25, 0.3) is 27.8 Å². The summed E-state index contributed by atoms with van der Waals surface area (Å²) in [6, 6.07) is 4.23. The van der Waals surface area contributed by atoms with E-state index in [0.29, 0.717) is 58.9 Å². The van der Waals surface area contributed by atoms with Gasteiger partial charge in [-0.15, -0.1) is 0 Å².